The predicted molar refractivity (Wildman–Crippen MR) is 112 cm³/mol. The van der Waals surface area contributed by atoms with Crippen molar-refractivity contribution in [3.63, 3.8) is 0 Å². The summed E-state index contributed by atoms with van der Waals surface area (Å²) in [5, 5.41) is 10.0. The molecule has 3 rings (SSSR count). The maximum atomic E-state index is 14.8. The number of allylic oxidation sites excluding steroid dienone is 2. The summed E-state index contributed by atoms with van der Waals surface area (Å²) in [5.74, 6) is -1.21. The first kappa shape index (κ1) is 21.2. The quantitative estimate of drug-likeness (QED) is 0.516. The Balaban J connectivity index is 1.78. The molecule has 0 aromatic heterocycles. The van der Waals surface area contributed by atoms with Crippen molar-refractivity contribution in [3.8, 4) is 11.1 Å². The van der Waals surface area contributed by atoms with E-state index in [9.17, 15) is 18.7 Å². The van der Waals surface area contributed by atoms with Gasteiger partial charge in [0, 0.05) is 5.56 Å². The van der Waals surface area contributed by atoms with Crippen LogP contribution in [0.15, 0.2) is 54.6 Å². The average molecular weight is 398 g/mol. The lowest BCUT2D eigenvalue weighted by Gasteiger charge is -2.37. The molecule has 1 saturated carbocycles. The molecule has 0 spiro atoms. The second kappa shape index (κ2) is 9.34. The number of carboxylic acids is 1. The second-order valence-electron chi connectivity index (χ2n) is 7.99. The highest BCUT2D eigenvalue weighted by Crippen LogP contribution is 2.44. The molecule has 1 N–H and O–H groups in total. The first-order valence-electron chi connectivity index (χ1n) is 10.4. The van der Waals surface area contributed by atoms with E-state index in [2.05, 4.69) is 19.1 Å². The van der Waals surface area contributed by atoms with Gasteiger partial charge in [0.15, 0.2) is 0 Å². The van der Waals surface area contributed by atoms with Gasteiger partial charge in [0.25, 0.3) is 0 Å². The summed E-state index contributed by atoms with van der Waals surface area (Å²) in [5.41, 5.74) is 0.421. The van der Waals surface area contributed by atoms with Crippen LogP contribution < -0.4 is 0 Å². The van der Waals surface area contributed by atoms with Gasteiger partial charge >= 0.3 is 5.97 Å². The topological polar surface area (TPSA) is 37.3 Å². The van der Waals surface area contributed by atoms with Crippen molar-refractivity contribution in [1.29, 1.82) is 0 Å². The van der Waals surface area contributed by atoms with E-state index in [1.165, 1.54) is 30.3 Å². The molecule has 1 aliphatic carbocycles. The van der Waals surface area contributed by atoms with Crippen molar-refractivity contribution in [1.82, 2.24) is 0 Å². The fourth-order valence-electron chi connectivity index (χ4n) is 4.38. The molecule has 1 fully saturated rings. The second-order valence-corrected chi connectivity index (χ2v) is 7.99. The highest BCUT2D eigenvalue weighted by molar-refractivity contribution is 5.82. The van der Waals surface area contributed by atoms with Crippen LogP contribution in [0.5, 0.6) is 0 Å². The van der Waals surface area contributed by atoms with Crippen LogP contribution in [0, 0.1) is 17.6 Å². The minimum atomic E-state index is -1.03. The number of carbonyl (C=O) groups is 1. The van der Waals surface area contributed by atoms with Gasteiger partial charge in [0.2, 0.25) is 0 Å². The maximum absolute atomic E-state index is 14.8. The third-order valence-corrected chi connectivity index (χ3v) is 6.19. The number of hydrogen-bond donors (Lipinski definition) is 1. The number of halogens is 2. The van der Waals surface area contributed by atoms with Gasteiger partial charge in [-0.3, -0.25) is 4.79 Å². The maximum Gasteiger partial charge on any atom is 0.314 e. The van der Waals surface area contributed by atoms with E-state index in [-0.39, 0.29) is 5.82 Å². The molecule has 0 unspecified atom stereocenters. The van der Waals surface area contributed by atoms with Crippen molar-refractivity contribution in [2.45, 2.75) is 57.3 Å². The molecule has 2 nitrogen and oxygen atoms in total. The lowest BCUT2D eigenvalue weighted by molar-refractivity contribution is -0.145. The minimum Gasteiger partial charge on any atom is -0.481 e. The average Bonchev–Trinajstić information content (AvgIpc) is 2.72. The van der Waals surface area contributed by atoms with Crippen LogP contribution in [0.3, 0.4) is 0 Å². The molecular formula is C25H28F2O2. The zero-order valence-electron chi connectivity index (χ0n) is 16.8. The third-order valence-electron chi connectivity index (χ3n) is 6.19. The normalized spacial score (nSPS) is 22.1. The molecule has 0 atom stereocenters. The summed E-state index contributed by atoms with van der Waals surface area (Å²) in [6.07, 6.45) is 10.2. The molecule has 0 bridgehead atoms. The number of benzene rings is 2. The number of aliphatic carboxylic acids is 1. The molecule has 0 amide bonds. The smallest absolute Gasteiger partial charge is 0.314 e. The fourth-order valence-corrected chi connectivity index (χ4v) is 4.38. The van der Waals surface area contributed by atoms with E-state index in [0.717, 1.165) is 32.1 Å². The Morgan fingerprint density at radius 1 is 1.10 bits per heavy atom. The monoisotopic (exact) mass is 398 g/mol. The van der Waals surface area contributed by atoms with E-state index in [4.69, 9.17) is 0 Å². The SMILES string of the molecule is CCC=CCCC1CCC(C(=O)O)(c2ccc(-c3ccc(F)cc3)c(F)c2)CC1. The van der Waals surface area contributed by atoms with E-state index in [1.807, 2.05) is 0 Å². The Bertz CT molecular complexity index is 863. The van der Waals surface area contributed by atoms with E-state index in [0.29, 0.717) is 35.4 Å². The third kappa shape index (κ3) is 4.75. The standard InChI is InChI=1S/C25H28F2O2/c1-2-3-4-5-6-18-13-15-25(16-14-18,24(28)29)20-9-12-22(23(27)17-20)19-7-10-21(26)11-8-19/h3-4,7-12,17-18H,2,5-6,13-16H2,1H3,(H,28,29). The number of rotatable bonds is 7. The summed E-state index contributed by atoms with van der Waals surface area (Å²) >= 11 is 0. The van der Waals surface area contributed by atoms with E-state index < -0.39 is 17.2 Å². The summed E-state index contributed by atoms with van der Waals surface area (Å²) in [6.45, 7) is 2.11. The Hall–Kier alpha value is -2.49. The van der Waals surface area contributed by atoms with Gasteiger partial charge < -0.3 is 5.11 Å². The van der Waals surface area contributed by atoms with Crippen molar-refractivity contribution in [2.24, 2.45) is 5.92 Å². The summed E-state index contributed by atoms with van der Waals surface area (Å²) < 4.78 is 28.0. The lowest BCUT2D eigenvalue weighted by Crippen LogP contribution is -2.39. The van der Waals surface area contributed by atoms with Crippen molar-refractivity contribution < 1.29 is 18.7 Å². The van der Waals surface area contributed by atoms with Gasteiger partial charge in [-0.15, -0.1) is 0 Å². The highest BCUT2D eigenvalue weighted by Gasteiger charge is 2.43. The zero-order valence-corrected chi connectivity index (χ0v) is 16.8. The summed E-state index contributed by atoms with van der Waals surface area (Å²) in [7, 11) is 0. The molecule has 0 radical (unpaired) electrons. The van der Waals surface area contributed by atoms with Gasteiger partial charge in [-0.25, -0.2) is 8.78 Å². The molecular weight excluding hydrogens is 370 g/mol. The minimum absolute atomic E-state index is 0.352. The van der Waals surface area contributed by atoms with Crippen LogP contribution in [0.2, 0.25) is 0 Å². The first-order chi connectivity index (χ1) is 14.0. The van der Waals surface area contributed by atoms with Crippen LogP contribution in [0.4, 0.5) is 8.78 Å². The van der Waals surface area contributed by atoms with E-state index in [1.54, 1.807) is 12.1 Å². The molecule has 2 aromatic rings. The molecule has 154 valence electrons. The molecule has 0 saturated heterocycles. The van der Waals surface area contributed by atoms with Gasteiger partial charge in [-0.05, 0) is 80.2 Å². The molecule has 4 heteroatoms. The summed E-state index contributed by atoms with van der Waals surface area (Å²) in [4.78, 5) is 12.2. The van der Waals surface area contributed by atoms with E-state index >= 15 is 0 Å². The van der Waals surface area contributed by atoms with Crippen LogP contribution in [0.1, 0.15) is 57.4 Å². The summed E-state index contributed by atoms with van der Waals surface area (Å²) in [6, 6.07) is 10.3. The Labute approximate surface area is 171 Å². The predicted octanol–water partition coefficient (Wildman–Crippen LogP) is 6.89. The van der Waals surface area contributed by atoms with Crippen LogP contribution in [0.25, 0.3) is 11.1 Å². The highest BCUT2D eigenvalue weighted by atomic mass is 19.1. The van der Waals surface area contributed by atoms with Crippen LogP contribution >= 0.6 is 0 Å². The van der Waals surface area contributed by atoms with Crippen molar-refractivity contribution in [2.75, 3.05) is 0 Å². The van der Waals surface area contributed by atoms with Gasteiger partial charge in [0.05, 0.1) is 5.41 Å². The van der Waals surface area contributed by atoms with Crippen molar-refractivity contribution >= 4 is 5.97 Å². The zero-order chi connectivity index (χ0) is 20.9. The molecule has 29 heavy (non-hydrogen) atoms. The molecule has 2 aromatic carbocycles. The lowest BCUT2D eigenvalue weighted by atomic mass is 9.66. The van der Waals surface area contributed by atoms with Gasteiger partial charge in [-0.1, -0.05) is 43.3 Å². The van der Waals surface area contributed by atoms with Gasteiger partial charge in [-0.2, -0.15) is 0 Å². The molecule has 0 heterocycles. The Morgan fingerprint density at radius 2 is 1.79 bits per heavy atom. The van der Waals surface area contributed by atoms with Crippen LogP contribution in [-0.4, -0.2) is 11.1 Å². The Kier molecular flexibility index (Phi) is 6.83. The number of hydrogen-bond acceptors (Lipinski definition) is 1. The van der Waals surface area contributed by atoms with Crippen molar-refractivity contribution in [3.05, 3.63) is 71.8 Å². The number of carboxylic acid groups (broad SMARTS) is 1. The van der Waals surface area contributed by atoms with Gasteiger partial charge in [0.1, 0.15) is 11.6 Å². The van der Waals surface area contributed by atoms with Crippen LogP contribution in [-0.2, 0) is 10.2 Å². The molecule has 1 aliphatic rings. The Morgan fingerprint density at radius 3 is 2.38 bits per heavy atom. The molecule has 0 aliphatic heterocycles. The largest absolute Gasteiger partial charge is 0.481 e. The fraction of sp³-hybridized carbons (Fsp3) is 0.400. The first-order valence-corrected chi connectivity index (χ1v) is 10.4.